The number of rotatable bonds is 9. The van der Waals surface area contributed by atoms with Gasteiger partial charge in [0, 0.05) is 13.0 Å². The Morgan fingerprint density at radius 3 is 2.08 bits per heavy atom. The van der Waals surface area contributed by atoms with Crippen LogP contribution in [0.5, 0.6) is 0 Å². The number of nitrogens with one attached hydrogen (secondary N) is 1. The zero-order chi connectivity index (χ0) is 27.9. The van der Waals surface area contributed by atoms with E-state index >= 15 is 0 Å². The van der Waals surface area contributed by atoms with E-state index in [1.54, 1.807) is 20.8 Å². The van der Waals surface area contributed by atoms with E-state index in [0.29, 0.717) is 0 Å². The Labute approximate surface area is 223 Å². The van der Waals surface area contributed by atoms with Gasteiger partial charge >= 0.3 is 18.0 Å². The number of carbonyl (C=O) groups is 4. The number of ether oxygens (including phenoxy) is 3. The molecule has 0 unspecified atom stereocenters. The van der Waals surface area contributed by atoms with Crippen molar-refractivity contribution in [3.05, 3.63) is 71.8 Å². The molecule has 3 atom stereocenters. The lowest BCUT2D eigenvalue weighted by Crippen LogP contribution is -2.53. The maximum absolute atomic E-state index is 14.2. The Hall–Kier alpha value is -3.88. The molecule has 0 aliphatic carbocycles. The minimum atomic E-state index is -1.58. The average Bonchev–Trinajstić information content (AvgIpc) is 3.17. The second kappa shape index (κ2) is 12.1. The summed E-state index contributed by atoms with van der Waals surface area (Å²) in [5.74, 6) is -1.86. The molecule has 9 nitrogen and oxygen atoms in total. The standard InChI is InChI=1S/C29H36N2O7/c1-28(2,3)38-27(35)30-19-22-18-29(26(34)37-5,17-21-14-10-7-11-15-21)25(33)31(22)23(24(32)36-4)16-20-12-8-6-9-13-20/h6-15,22-23H,16-19H2,1-5H3,(H,30,35)/t22-,23+,29+/m1/s1. The predicted molar refractivity (Wildman–Crippen MR) is 140 cm³/mol. The van der Waals surface area contributed by atoms with Crippen LogP contribution in [0.25, 0.3) is 0 Å². The molecule has 1 aliphatic rings. The summed E-state index contributed by atoms with van der Waals surface area (Å²) in [6.45, 7) is 5.20. The lowest BCUT2D eigenvalue weighted by atomic mass is 9.78. The van der Waals surface area contributed by atoms with E-state index in [0.717, 1.165) is 11.1 Å². The number of benzene rings is 2. The number of esters is 2. The minimum Gasteiger partial charge on any atom is -0.468 e. The molecule has 1 saturated heterocycles. The summed E-state index contributed by atoms with van der Waals surface area (Å²) in [6.07, 6.45) is -0.380. The third-order valence-electron chi connectivity index (χ3n) is 6.51. The first-order valence-corrected chi connectivity index (χ1v) is 12.5. The number of hydrogen-bond donors (Lipinski definition) is 1. The van der Waals surface area contributed by atoms with E-state index < -0.39 is 47.0 Å². The second-order valence-electron chi connectivity index (χ2n) is 10.4. The second-order valence-corrected chi connectivity index (χ2v) is 10.4. The van der Waals surface area contributed by atoms with E-state index in [9.17, 15) is 19.2 Å². The Morgan fingerprint density at radius 1 is 0.974 bits per heavy atom. The summed E-state index contributed by atoms with van der Waals surface area (Å²) < 4.78 is 15.6. The number of alkyl carbamates (subject to hydrolysis) is 1. The molecule has 1 aliphatic heterocycles. The van der Waals surface area contributed by atoms with Gasteiger partial charge in [0.25, 0.3) is 0 Å². The first-order valence-electron chi connectivity index (χ1n) is 12.5. The van der Waals surface area contributed by atoms with Crippen molar-refractivity contribution in [3.8, 4) is 0 Å². The molecule has 3 rings (SSSR count). The number of likely N-dealkylation sites (tertiary alicyclic amines) is 1. The highest BCUT2D eigenvalue weighted by Crippen LogP contribution is 2.42. The molecule has 0 radical (unpaired) electrons. The summed E-state index contributed by atoms with van der Waals surface area (Å²) in [6, 6.07) is 16.7. The topological polar surface area (TPSA) is 111 Å². The highest BCUT2D eigenvalue weighted by molar-refractivity contribution is 6.06. The zero-order valence-electron chi connectivity index (χ0n) is 22.6. The smallest absolute Gasteiger partial charge is 0.407 e. The summed E-state index contributed by atoms with van der Waals surface area (Å²) in [7, 11) is 2.49. The van der Waals surface area contributed by atoms with E-state index in [4.69, 9.17) is 14.2 Å². The molecule has 0 saturated carbocycles. The van der Waals surface area contributed by atoms with Gasteiger partial charge in [0.05, 0.1) is 20.3 Å². The van der Waals surface area contributed by atoms with E-state index in [2.05, 4.69) is 5.32 Å². The minimum absolute atomic E-state index is 0.0313. The fourth-order valence-electron chi connectivity index (χ4n) is 4.88. The van der Waals surface area contributed by atoms with E-state index in [1.807, 2.05) is 60.7 Å². The van der Waals surface area contributed by atoms with Crippen LogP contribution in [0.15, 0.2) is 60.7 Å². The molecular weight excluding hydrogens is 488 g/mol. The van der Waals surface area contributed by atoms with Crippen molar-refractivity contribution in [1.29, 1.82) is 0 Å². The molecule has 9 heteroatoms. The number of methoxy groups -OCH3 is 2. The van der Waals surface area contributed by atoms with Crippen molar-refractivity contribution < 1.29 is 33.4 Å². The van der Waals surface area contributed by atoms with Crippen LogP contribution in [0.1, 0.15) is 38.3 Å². The van der Waals surface area contributed by atoms with Crippen molar-refractivity contribution in [2.45, 2.75) is 57.7 Å². The number of amides is 2. The van der Waals surface area contributed by atoms with Crippen molar-refractivity contribution in [1.82, 2.24) is 10.2 Å². The van der Waals surface area contributed by atoms with Gasteiger partial charge in [-0.15, -0.1) is 0 Å². The Morgan fingerprint density at radius 2 is 1.55 bits per heavy atom. The van der Waals surface area contributed by atoms with Crippen LogP contribution in [0, 0.1) is 5.41 Å². The van der Waals surface area contributed by atoms with Gasteiger partial charge in [0.1, 0.15) is 11.6 Å². The lowest BCUT2D eigenvalue weighted by Gasteiger charge is -2.32. The van der Waals surface area contributed by atoms with Crippen LogP contribution in [-0.2, 0) is 41.4 Å². The Bertz CT molecular complexity index is 1130. The maximum Gasteiger partial charge on any atom is 0.407 e. The highest BCUT2D eigenvalue weighted by Gasteiger charge is 2.59. The number of nitrogens with zero attached hydrogens (tertiary/aromatic N) is 1. The SMILES string of the molecule is COC(=O)[C@H](Cc1ccccc1)N1C(=O)[C@@](Cc2ccccc2)(C(=O)OC)C[C@@H]1CNC(=O)OC(C)(C)C. The molecule has 2 amide bonds. The normalized spacial score (nSPS) is 20.0. The van der Waals surface area contributed by atoms with Gasteiger partial charge in [-0.3, -0.25) is 9.59 Å². The average molecular weight is 525 g/mol. The van der Waals surface area contributed by atoms with Gasteiger partial charge in [-0.05, 0) is 44.7 Å². The van der Waals surface area contributed by atoms with Gasteiger partial charge in [-0.1, -0.05) is 60.7 Å². The Kier molecular flexibility index (Phi) is 9.14. The number of hydrogen-bond acceptors (Lipinski definition) is 7. The predicted octanol–water partition coefficient (Wildman–Crippen LogP) is 3.30. The summed E-state index contributed by atoms with van der Waals surface area (Å²) in [5.41, 5.74) is -0.725. The Balaban J connectivity index is 2.03. The monoisotopic (exact) mass is 524 g/mol. The number of carbonyl (C=O) groups excluding carboxylic acids is 4. The third-order valence-corrected chi connectivity index (χ3v) is 6.51. The van der Waals surface area contributed by atoms with Gasteiger partial charge in [-0.25, -0.2) is 9.59 Å². The van der Waals surface area contributed by atoms with Crippen LogP contribution in [0.2, 0.25) is 0 Å². The summed E-state index contributed by atoms with van der Waals surface area (Å²) in [4.78, 5) is 54.5. The molecule has 204 valence electrons. The van der Waals surface area contributed by atoms with Crippen LogP contribution >= 0.6 is 0 Å². The quantitative estimate of drug-likeness (QED) is 0.304. The molecule has 1 heterocycles. The summed E-state index contributed by atoms with van der Waals surface area (Å²) in [5, 5.41) is 2.71. The molecule has 2 aromatic carbocycles. The largest absolute Gasteiger partial charge is 0.468 e. The summed E-state index contributed by atoms with van der Waals surface area (Å²) >= 11 is 0. The van der Waals surface area contributed by atoms with Crippen molar-refractivity contribution in [2.75, 3.05) is 20.8 Å². The van der Waals surface area contributed by atoms with Crippen LogP contribution in [0.3, 0.4) is 0 Å². The molecule has 2 aromatic rings. The van der Waals surface area contributed by atoms with Crippen molar-refractivity contribution in [3.63, 3.8) is 0 Å². The molecule has 0 bridgehead atoms. The molecule has 38 heavy (non-hydrogen) atoms. The maximum atomic E-state index is 14.2. The fourth-order valence-corrected chi connectivity index (χ4v) is 4.88. The van der Waals surface area contributed by atoms with E-state index in [1.165, 1.54) is 19.1 Å². The van der Waals surface area contributed by atoms with Crippen LogP contribution in [-0.4, -0.2) is 67.3 Å². The first-order chi connectivity index (χ1) is 18.0. The van der Waals surface area contributed by atoms with Crippen LogP contribution < -0.4 is 5.32 Å². The van der Waals surface area contributed by atoms with Crippen molar-refractivity contribution in [2.24, 2.45) is 5.41 Å². The zero-order valence-corrected chi connectivity index (χ0v) is 22.6. The van der Waals surface area contributed by atoms with E-state index in [-0.39, 0.29) is 25.8 Å². The molecular formula is C29H36N2O7. The van der Waals surface area contributed by atoms with Gasteiger partial charge in [0.15, 0.2) is 5.41 Å². The van der Waals surface area contributed by atoms with Gasteiger partial charge in [-0.2, -0.15) is 0 Å². The molecule has 0 spiro atoms. The fraction of sp³-hybridized carbons (Fsp3) is 0.448. The van der Waals surface area contributed by atoms with Crippen LogP contribution in [0.4, 0.5) is 4.79 Å². The first kappa shape index (κ1) is 28.7. The third kappa shape index (κ3) is 6.70. The lowest BCUT2D eigenvalue weighted by molar-refractivity contribution is -0.163. The molecule has 0 aromatic heterocycles. The van der Waals surface area contributed by atoms with Gasteiger partial charge < -0.3 is 24.4 Å². The van der Waals surface area contributed by atoms with Gasteiger partial charge in [0.2, 0.25) is 5.91 Å². The highest BCUT2D eigenvalue weighted by atomic mass is 16.6. The van der Waals surface area contributed by atoms with Crippen molar-refractivity contribution >= 4 is 23.9 Å². The molecule has 1 fully saturated rings. The molecule has 1 N–H and O–H groups in total.